The molecule has 0 aromatic carbocycles. The lowest BCUT2D eigenvalue weighted by molar-refractivity contribution is 0.0899. The summed E-state index contributed by atoms with van der Waals surface area (Å²) in [5.74, 6) is 0. The average molecular weight is 367 g/mol. The number of rotatable bonds is 6. The molecular weight excluding hydrogens is 348 g/mol. The van der Waals surface area contributed by atoms with E-state index in [9.17, 15) is 0 Å². The number of halogens is 1. The minimum atomic E-state index is -1.09. The van der Waals surface area contributed by atoms with E-state index in [1.807, 2.05) is 16.1 Å². The Balaban J connectivity index is 1.88. The van der Waals surface area contributed by atoms with Gasteiger partial charge in [-0.05, 0) is 6.04 Å². The quantitative estimate of drug-likeness (QED) is 0.365. The van der Waals surface area contributed by atoms with Crippen LogP contribution < -0.4 is 0 Å². The van der Waals surface area contributed by atoms with E-state index in [0.717, 1.165) is 34.3 Å². The van der Waals surface area contributed by atoms with E-state index in [1.165, 1.54) is 6.33 Å². The van der Waals surface area contributed by atoms with Gasteiger partial charge in [0.25, 0.3) is 0 Å². The third kappa shape index (κ3) is 3.80. The first-order valence-electron chi connectivity index (χ1n) is 7.43. The lowest BCUT2D eigenvalue weighted by atomic mass is 10.2. The standard InChI is InChI=1S/C15H19ClN4OSSi/c1-23(2,3)7-5-21-10-20-8-11(15-17-4-6-22-15)12-13(16)18-9-19-14(12)20/h4,6,8-9H,5,7,10H2,1-3H3. The van der Waals surface area contributed by atoms with Crippen LogP contribution >= 0.6 is 22.9 Å². The monoisotopic (exact) mass is 366 g/mol. The first-order chi connectivity index (χ1) is 11.0. The van der Waals surface area contributed by atoms with Gasteiger partial charge < -0.3 is 9.30 Å². The van der Waals surface area contributed by atoms with Crippen molar-refractivity contribution in [3.8, 4) is 10.6 Å². The lowest BCUT2D eigenvalue weighted by Crippen LogP contribution is -2.22. The molecule has 0 aliphatic carbocycles. The highest BCUT2D eigenvalue weighted by atomic mass is 35.5. The number of nitrogens with zero attached hydrogens (tertiary/aromatic N) is 4. The van der Waals surface area contributed by atoms with Gasteiger partial charge >= 0.3 is 0 Å². The number of hydrogen-bond acceptors (Lipinski definition) is 5. The van der Waals surface area contributed by atoms with E-state index in [-0.39, 0.29) is 0 Å². The molecule has 0 saturated carbocycles. The van der Waals surface area contributed by atoms with Crippen LogP contribution in [0.15, 0.2) is 24.1 Å². The molecule has 0 aliphatic heterocycles. The van der Waals surface area contributed by atoms with Gasteiger partial charge in [0.15, 0.2) is 0 Å². The number of thiazole rings is 1. The van der Waals surface area contributed by atoms with Crippen molar-refractivity contribution < 1.29 is 4.74 Å². The van der Waals surface area contributed by atoms with Gasteiger partial charge in [0.1, 0.15) is 28.9 Å². The molecule has 0 amide bonds. The lowest BCUT2D eigenvalue weighted by Gasteiger charge is -2.15. The molecule has 8 heteroatoms. The molecule has 23 heavy (non-hydrogen) atoms. The van der Waals surface area contributed by atoms with Gasteiger partial charge in [-0.2, -0.15) is 0 Å². The molecule has 0 radical (unpaired) electrons. The first kappa shape index (κ1) is 16.6. The molecule has 3 rings (SSSR count). The molecule has 0 atom stereocenters. The fourth-order valence-corrected chi connectivity index (χ4v) is 3.89. The largest absolute Gasteiger partial charge is 0.361 e. The maximum Gasteiger partial charge on any atom is 0.147 e. The van der Waals surface area contributed by atoms with E-state index >= 15 is 0 Å². The predicted molar refractivity (Wildman–Crippen MR) is 97.8 cm³/mol. The molecule has 122 valence electrons. The Morgan fingerprint density at radius 2 is 2.09 bits per heavy atom. The topological polar surface area (TPSA) is 52.8 Å². The minimum absolute atomic E-state index is 0.445. The molecule has 5 nitrogen and oxygen atoms in total. The van der Waals surface area contributed by atoms with E-state index in [1.54, 1.807) is 17.5 Å². The van der Waals surface area contributed by atoms with Gasteiger partial charge in [0.05, 0.1) is 5.39 Å². The zero-order valence-electron chi connectivity index (χ0n) is 13.4. The normalized spacial score (nSPS) is 12.2. The smallest absolute Gasteiger partial charge is 0.147 e. The summed E-state index contributed by atoms with van der Waals surface area (Å²) in [5, 5.41) is 4.13. The van der Waals surface area contributed by atoms with Gasteiger partial charge in [-0.15, -0.1) is 11.3 Å². The van der Waals surface area contributed by atoms with Crippen LogP contribution in [0, 0.1) is 0 Å². The van der Waals surface area contributed by atoms with Crippen molar-refractivity contribution in [1.29, 1.82) is 0 Å². The first-order valence-corrected chi connectivity index (χ1v) is 12.4. The summed E-state index contributed by atoms with van der Waals surface area (Å²) in [5.41, 5.74) is 1.73. The highest BCUT2D eigenvalue weighted by Gasteiger charge is 2.17. The summed E-state index contributed by atoms with van der Waals surface area (Å²) in [6.45, 7) is 8.25. The number of fused-ring (bicyclic) bond motifs is 1. The van der Waals surface area contributed by atoms with E-state index in [4.69, 9.17) is 16.3 Å². The van der Waals surface area contributed by atoms with Gasteiger partial charge in [0, 0.05) is 38.0 Å². The SMILES string of the molecule is C[Si](C)(C)CCOCn1cc(-c2nccs2)c2c(Cl)ncnc21. The fourth-order valence-electron chi connectivity index (χ4n) is 2.24. The molecule has 0 unspecified atom stereocenters. The number of aromatic nitrogens is 4. The Morgan fingerprint density at radius 1 is 1.26 bits per heavy atom. The number of hydrogen-bond donors (Lipinski definition) is 0. The van der Waals surface area contributed by atoms with Crippen LogP contribution in [0.2, 0.25) is 30.8 Å². The summed E-state index contributed by atoms with van der Waals surface area (Å²) in [4.78, 5) is 12.9. The second kappa shape index (κ2) is 6.68. The van der Waals surface area contributed by atoms with E-state index in [2.05, 4.69) is 34.6 Å². The van der Waals surface area contributed by atoms with Crippen molar-refractivity contribution in [2.75, 3.05) is 6.61 Å². The molecule has 0 fully saturated rings. The highest BCUT2D eigenvalue weighted by molar-refractivity contribution is 7.13. The van der Waals surface area contributed by atoms with Crippen LogP contribution in [0.3, 0.4) is 0 Å². The third-order valence-corrected chi connectivity index (χ3v) is 6.29. The van der Waals surface area contributed by atoms with Crippen molar-refractivity contribution in [2.24, 2.45) is 0 Å². The highest BCUT2D eigenvalue weighted by Crippen LogP contribution is 2.34. The Bertz CT molecular complexity index is 798. The summed E-state index contributed by atoms with van der Waals surface area (Å²) >= 11 is 7.86. The minimum Gasteiger partial charge on any atom is -0.361 e. The number of ether oxygens (including phenoxy) is 1. The fraction of sp³-hybridized carbons (Fsp3) is 0.400. The molecular formula is C15H19ClN4OSSi. The molecule has 3 aromatic rings. The molecule has 3 heterocycles. The van der Waals surface area contributed by atoms with Gasteiger partial charge in [-0.1, -0.05) is 31.2 Å². The molecule has 3 aromatic heterocycles. The third-order valence-electron chi connectivity index (χ3n) is 3.50. The Labute approximate surface area is 145 Å². The summed E-state index contributed by atoms with van der Waals surface area (Å²) in [6.07, 6.45) is 5.26. The Hall–Kier alpha value is -1.28. The van der Waals surface area contributed by atoms with Crippen LogP contribution in [0.5, 0.6) is 0 Å². The average Bonchev–Trinajstić information content (AvgIpc) is 3.11. The van der Waals surface area contributed by atoms with Crippen LogP contribution in [-0.2, 0) is 11.5 Å². The van der Waals surface area contributed by atoms with Crippen LogP contribution in [0.4, 0.5) is 0 Å². The Morgan fingerprint density at radius 3 is 2.78 bits per heavy atom. The van der Waals surface area contributed by atoms with Crippen molar-refractivity contribution in [2.45, 2.75) is 32.4 Å². The van der Waals surface area contributed by atoms with Crippen molar-refractivity contribution in [3.63, 3.8) is 0 Å². The van der Waals surface area contributed by atoms with Gasteiger partial charge in [-0.3, -0.25) is 0 Å². The second-order valence-corrected chi connectivity index (χ2v) is 13.4. The zero-order chi connectivity index (χ0) is 16.4. The molecule has 0 saturated heterocycles. The van der Waals surface area contributed by atoms with Gasteiger partial charge in [-0.25, -0.2) is 15.0 Å². The maximum absolute atomic E-state index is 6.29. The molecule has 0 bridgehead atoms. The van der Waals surface area contributed by atoms with Gasteiger partial charge in [0.2, 0.25) is 0 Å². The van der Waals surface area contributed by atoms with Crippen LogP contribution in [0.25, 0.3) is 21.6 Å². The van der Waals surface area contributed by atoms with Crippen LogP contribution in [-0.4, -0.2) is 34.2 Å². The van der Waals surface area contributed by atoms with E-state index < -0.39 is 8.07 Å². The molecule has 0 spiro atoms. The van der Waals surface area contributed by atoms with Crippen molar-refractivity contribution in [1.82, 2.24) is 19.5 Å². The summed E-state index contributed by atoms with van der Waals surface area (Å²) in [7, 11) is -1.09. The predicted octanol–water partition coefficient (Wildman–Crippen LogP) is 4.52. The zero-order valence-corrected chi connectivity index (χ0v) is 16.0. The van der Waals surface area contributed by atoms with E-state index in [0.29, 0.717) is 11.9 Å². The Kier molecular flexibility index (Phi) is 4.81. The van der Waals surface area contributed by atoms with Crippen LogP contribution in [0.1, 0.15) is 0 Å². The van der Waals surface area contributed by atoms with Crippen molar-refractivity contribution in [3.05, 3.63) is 29.3 Å². The second-order valence-electron chi connectivity index (χ2n) is 6.56. The maximum atomic E-state index is 6.29. The molecule has 0 N–H and O–H groups in total. The summed E-state index contributed by atoms with van der Waals surface area (Å²) in [6, 6.07) is 1.14. The summed E-state index contributed by atoms with van der Waals surface area (Å²) < 4.78 is 7.83. The molecule has 0 aliphatic rings. The van der Waals surface area contributed by atoms with Crippen molar-refractivity contribution >= 4 is 42.0 Å².